The quantitative estimate of drug-likeness (QED) is 0.727. The maximum Gasteiger partial charge on any atom is 0.417 e. The first-order valence-electron chi connectivity index (χ1n) is 9.75. The molecule has 1 aromatic carbocycles. The fourth-order valence-corrected chi connectivity index (χ4v) is 5.49. The van der Waals surface area contributed by atoms with Gasteiger partial charge >= 0.3 is 6.18 Å². The molecule has 2 aromatic rings. The summed E-state index contributed by atoms with van der Waals surface area (Å²) in [6, 6.07) is 6.18. The summed E-state index contributed by atoms with van der Waals surface area (Å²) >= 11 is 0. The number of nitrogens with zero attached hydrogens (tertiary/aromatic N) is 5. The molecule has 30 heavy (non-hydrogen) atoms. The van der Waals surface area contributed by atoms with Crippen molar-refractivity contribution in [1.29, 1.82) is 0 Å². The van der Waals surface area contributed by atoms with Crippen LogP contribution in [0, 0.1) is 0 Å². The predicted octanol–water partition coefficient (Wildman–Crippen LogP) is 2.61. The highest BCUT2D eigenvalue weighted by Gasteiger charge is 2.39. The number of alkyl halides is 3. The first kappa shape index (κ1) is 20.9. The minimum atomic E-state index is -4.74. The van der Waals surface area contributed by atoms with Gasteiger partial charge < -0.3 is 9.80 Å². The van der Waals surface area contributed by atoms with E-state index >= 15 is 0 Å². The molecule has 4 rings (SSSR count). The van der Waals surface area contributed by atoms with Gasteiger partial charge in [0.25, 0.3) is 0 Å². The molecule has 162 valence electrons. The Hall–Kier alpha value is -2.40. The Morgan fingerprint density at radius 2 is 1.40 bits per heavy atom. The molecule has 0 unspecified atom stereocenters. The molecule has 0 N–H and O–H groups in total. The molecule has 0 saturated carbocycles. The van der Waals surface area contributed by atoms with E-state index in [9.17, 15) is 21.6 Å². The molecule has 0 aliphatic carbocycles. The van der Waals surface area contributed by atoms with Crippen LogP contribution in [-0.2, 0) is 16.2 Å². The zero-order valence-corrected chi connectivity index (χ0v) is 17.0. The first-order chi connectivity index (χ1) is 14.3. The maximum absolute atomic E-state index is 13.3. The molecule has 0 atom stereocenters. The predicted molar refractivity (Wildman–Crippen MR) is 106 cm³/mol. The third kappa shape index (κ3) is 4.08. The first-order valence-corrected chi connectivity index (χ1v) is 11.2. The van der Waals surface area contributed by atoms with Crippen molar-refractivity contribution in [2.75, 3.05) is 49.1 Å². The van der Waals surface area contributed by atoms with Gasteiger partial charge in [0.1, 0.15) is 18.0 Å². The Labute approximate surface area is 173 Å². The number of halogens is 3. The summed E-state index contributed by atoms with van der Waals surface area (Å²) in [7, 11) is -4.26. The summed E-state index contributed by atoms with van der Waals surface area (Å²) in [5.74, 6) is 1.53. The normalized spacial score (nSPS) is 18.8. The number of sulfonamides is 1. The molecule has 3 heterocycles. The van der Waals surface area contributed by atoms with E-state index in [0.29, 0.717) is 18.9 Å². The summed E-state index contributed by atoms with van der Waals surface area (Å²) in [6.45, 7) is 2.73. The highest BCUT2D eigenvalue weighted by Crippen LogP contribution is 2.35. The van der Waals surface area contributed by atoms with E-state index in [4.69, 9.17) is 0 Å². The number of rotatable bonds is 4. The van der Waals surface area contributed by atoms with Gasteiger partial charge in [-0.05, 0) is 25.0 Å². The van der Waals surface area contributed by atoms with E-state index in [1.807, 2.05) is 11.0 Å². The number of anilines is 2. The fourth-order valence-electron chi connectivity index (χ4n) is 3.85. The van der Waals surface area contributed by atoms with Crippen molar-refractivity contribution < 1.29 is 21.6 Å². The van der Waals surface area contributed by atoms with E-state index in [2.05, 4.69) is 14.9 Å². The minimum Gasteiger partial charge on any atom is -0.356 e. The van der Waals surface area contributed by atoms with Crippen LogP contribution >= 0.6 is 0 Å². The molecule has 0 bridgehead atoms. The second kappa shape index (κ2) is 8.03. The monoisotopic (exact) mass is 441 g/mol. The topological polar surface area (TPSA) is 69.6 Å². The number of aromatic nitrogens is 2. The van der Waals surface area contributed by atoms with Gasteiger partial charge in [0.15, 0.2) is 0 Å². The zero-order chi connectivity index (χ0) is 21.4. The van der Waals surface area contributed by atoms with Crippen molar-refractivity contribution in [2.24, 2.45) is 0 Å². The van der Waals surface area contributed by atoms with Crippen molar-refractivity contribution in [3.8, 4) is 0 Å². The Morgan fingerprint density at radius 1 is 0.833 bits per heavy atom. The Morgan fingerprint density at radius 3 is 2.00 bits per heavy atom. The molecule has 0 amide bonds. The summed E-state index contributed by atoms with van der Waals surface area (Å²) in [5.41, 5.74) is -1.14. The molecule has 0 radical (unpaired) electrons. The van der Waals surface area contributed by atoms with Gasteiger partial charge in [-0.15, -0.1) is 0 Å². The third-order valence-corrected chi connectivity index (χ3v) is 7.40. The molecular weight excluding hydrogens is 419 g/mol. The summed E-state index contributed by atoms with van der Waals surface area (Å²) < 4.78 is 66.8. The molecule has 11 heteroatoms. The Kier molecular flexibility index (Phi) is 5.58. The smallest absolute Gasteiger partial charge is 0.356 e. The molecule has 2 fully saturated rings. The van der Waals surface area contributed by atoms with E-state index in [0.717, 1.165) is 48.2 Å². The average molecular weight is 441 g/mol. The van der Waals surface area contributed by atoms with Crippen molar-refractivity contribution in [1.82, 2.24) is 14.3 Å². The number of piperazine rings is 1. The third-order valence-electron chi connectivity index (χ3n) is 5.44. The van der Waals surface area contributed by atoms with Gasteiger partial charge in [-0.25, -0.2) is 18.4 Å². The number of hydrogen-bond donors (Lipinski definition) is 0. The lowest BCUT2D eigenvalue weighted by Gasteiger charge is -2.35. The van der Waals surface area contributed by atoms with Gasteiger partial charge in [0.2, 0.25) is 10.0 Å². The van der Waals surface area contributed by atoms with Gasteiger partial charge in [0.05, 0.1) is 10.5 Å². The lowest BCUT2D eigenvalue weighted by Crippen LogP contribution is -2.49. The van der Waals surface area contributed by atoms with Crippen LogP contribution in [0.2, 0.25) is 0 Å². The van der Waals surface area contributed by atoms with Crippen LogP contribution in [0.3, 0.4) is 0 Å². The summed E-state index contributed by atoms with van der Waals surface area (Å²) in [5, 5.41) is 0. The van der Waals surface area contributed by atoms with Crippen LogP contribution < -0.4 is 9.80 Å². The molecule has 1 aromatic heterocycles. The minimum absolute atomic E-state index is 0.0809. The largest absolute Gasteiger partial charge is 0.417 e. The van der Waals surface area contributed by atoms with Gasteiger partial charge in [-0.2, -0.15) is 17.5 Å². The number of hydrogen-bond acceptors (Lipinski definition) is 6. The molecular formula is C19H22F3N5O2S. The highest BCUT2D eigenvalue weighted by molar-refractivity contribution is 7.89. The van der Waals surface area contributed by atoms with E-state index in [-0.39, 0.29) is 13.1 Å². The van der Waals surface area contributed by atoms with Crippen molar-refractivity contribution in [2.45, 2.75) is 23.9 Å². The van der Waals surface area contributed by atoms with Gasteiger partial charge in [-0.3, -0.25) is 0 Å². The highest BCUT2D eigenvalue weighted by atomic mass is 32.2. The van der Waals surface area contributed by atoms with E-state index < -0.39 is 26.7 Å². The molecule has 7 nitrogen and oxygen atoms in total. The van der Waals surface area contributed by atoms with Gasteiger partial charge in [-0.1, -0.05) is 12.1 Å². The number of benzene rings is 1. The summed E-state index contributed by atoms with van der Waals surface area (Å²) in [4.78, 5) is 12.0. The second-order valence-electron chi connectivity index (χ2n) is 7.31. The maximum atomic E-state index is 13.3. The van der Waals surface area contributed by atoms with Crippen LogP contribution in [0.15, 0.2) is 41.6 Å². The van der Waals surface area contributed by atoms with Crippen LogP contribution in [-0.4, -0.2) is 62.0 Å². The van der Waals surface area contributed by atoms with Gasteiger partial charge in [0, 0.05) is 45.3 Å². The van der Waals surface area contributed by atoms with Crippen molar-refractivity contribution in [3.05, 3.63) is 42.2 Å². The molecule has 2 saturated heterocycles. The fraction of sp³-hybridized carbons (Fsp3) is 0.474. The standard InChI is InChI=1S/C19H22F3N5O2S/c20-19(21,22)15-5-1-2-6-16(15)30(28,29)27-11-9-26(10-12-27)18-13-17(23-14-24-18)25-7-3-4-8-25/h1-2,5-6,13-14H,3-4,7-12H2. The average Bonchev–Trinajstić information content (AvgIpc) is 3.28. The lowest BCUT2D eigenvalue weighted by molar-refractivity contribution is -0.139. The lowest BCUT2D eigenvalue weighted by atomic mass is 10.2. The van der Waals surface area contributed by atoms with Crippen LogP contribution in [0.5, 0.6) is 0 Å². The van der Waals surface area contributed by atoms with Crippen LogP contribution in [0.4, 0.5) is 24.8 Å². The van der Waals surface area contributed by atoms with E-state index in [1.165, 1.54) is 18.5 Å². The molecule has 0 spiro atoms. The summed E-state index contributed by atoms with van der Waals surface area (Å²) in [6.07, 6.45) is -1.01. The Balaban J connectivity index is 1.49. The second-order valence-corrected chi connectivity index (χ2v) is 9.22. The molecule has 2 aliphatic rings. The Bertz CT molecular complexity index is 1000. The van der Waals surface area contributed by atoms with Crippen molar-refractivity contribution >= 4 is 21.7 Å². The van der Waals surface area contributed by atoms with E-state index in [1.54, 1.807) is 0 Å². The van der Waals surface area contributed by atoms with Crippen LogP contribution in [0.25, 0.3) is 0 Å². The van der Waals surface area contributed by atoms with Crippen molar-refractivity contribution in [3.63, 3.8) is 0 Å². The molecule has 2 aliphatic heterocycles. The SMILES string of the molecule is O=S(=O)(c1ccccc1C(F)(F)F)N1CCN(c2cc(N3CCCC3)ncn2)CC1. The van der Waals surface area contributed by atoms with Crippen LogP contribution in [0.1, 0.15) is 18.4 Å². The zero-order valence-electron chi connectivity index (χ0n) is 16.2.